The first-order valence-electron chi connectivity index (χ1n) is 8.69. The molecule has 0 fully saturated rings. The summed E-state index contributed by atoms with van der Waals surface area (Å²) >= 11 is 3.56. The van der Waals surface area contributed by atoms with Crippen LogP contribution in [-0.4, -0.2) is 34.9 Å². The number of hydrogen-bond acceptors (Lipinski definition) is 5. The number of halogens is 1. The first kappa shape index (κ1) is 19.8. The first-order valence-corrected chi connectivity index (χ1v) is 9.48. The number of rotatable bonds is 5. The summed E-state index contributed by atoms with van der Waals surface area (Å²) < 4.78 is 6.74. The highest BCUT2D eigenvalue weighted by Gasteiger charge is 2.20. The van der Waals surface area contributed by atoms with Gasteiger partial charge >= 0.3 is 0 Å². The highest BCUT2D eigenvalue weighted by atomic mass is 79.9. The highest BCUT2D eigenvalue weighted by Crippen LogP contribution is 2.31. The van der Waals surface area contributed by atoms with Crippen LogP contribution in [0.1, 0.15) is 21.7 Å². The van der Waals surface area contributed by atoms with Crippen molar-refractivity contribution in [2.75, 3.05) is 19.8 Å². The molecule has 144 valence electrons. The van der Waals surface area contributed by atoms with Crippen molar-refractivity contribution in [1.82, 2.24) is 14.9 Å². The Balaban J connectivity index is 1.86. The molecule has 7 heteroatoms. The summed E-state index contributed by atoms with van der Waals surface area (Å²) in [5, 5.41) is 0. The number of nitrogen functional groups attached to an aromatic ring is 1. The number of benzene rings is 2. The lowest BCUT2D eigenvalue weighted by Gasteiger charge is -2.16. The van der Waals surface area contributed by atoms with Gasteiger partial charge in [0.1, 0.15) is 12.4 Å². The third kappa shape index (κ3) is 4.31. The SMILES string of the molecule is Cc1nc(N)nc(COc2ccc(-c3ccccc3)cc2Br)c1C(=O)N(C)C. The van der Waals surface area contributed by atoms with E-state index in [0.717, 1.165) is 15.6 Å². The Morgan fingerprint density at radius 1 is 1.11 bits per heavy atom. The predicted molar refractivity (Wildman–Crippen MR) is 113 cm³/mol. The molecule has 0 aliphatic heterocycles. The maximum atomic E-state index is 12.5. The van der Waals surface area contributed by atoms with E-state index < -0.39 is 0 Å². The molecule has 0 saturated heterocycles. The van der Waals surface area contributed by atoms with Crippen LogP contribution in [0.4, 0.5) is 5.95 Å². The molecule has 0 aliphatic carbocycles. The van der Waals surface area contributed by atoms with Gasteiger partial charge in [-0.25, -0.2) is 9.97 Å². The van der Waals surface area contributed by atoms with Gasteiger partial charge in [0.25, 0.3) is 5.91 Å². The number of amides is 1. The minimum absolute atomic E-state index is 0.103. The lowest BCUT2D eigenvalue weighted by molar-refractivity contribution is 0.0823. The van der Waals surface area contributed by atoms with Crippen molar-refractivity contribution >= 4 is 27.8 Å². The first-order chi connectivity index (χ1) is 13.4. The molecular formula is C21H21BrN4O2. The fourth-order valence-corrected chi connectivity index (χ4v) is 3.33. The molecule has 28 heavy (non-hydrogen) atoms. The average Bonchev–Trinajstić information content (AvgIpc) is 2.66. The molecule has 3 rings (SSSR count). The molecule has 0 unspecified atom stereocenters. The van der Waals surface area contributed by atoms with Crippen LogP contribution in [0.5, 0.6) is 5.75 Å². The second-order valence-electron chi connectivity index (χ2n) is 6.49. The van der Waals surface area contributed by atoms with Gasteiger partial charge in [-0.3, -0.25) is 4.79 Å². The Bertz CT molecular complexity index is 1010. The summed E-state index contributed by atoms with van der Waals surface area (Å²) in [7, 11) is 3.36. The van der Waals surface area contributed by atoms with Crippen molar-refractivity contribution < 1.29 is 9.53 Å². The standard InChI is InChI=1S/C21H21BrN4O2/c1-13-19(20(27)26(2)3)17(25-21(23)24-13)12-28-18-10-9-15(11-16(18)22)14-7-5-4-6-8-14/h4-11H,12H2,1-3H3,(H2,23,24,25). The third-order valence-electron chi connectivity index (χ3n) is 4.21. The Morgan fingerprint density at radius 3 is 2.46 bits per heavy atom. The van der Waals surface area contributed by atoms with Crippen LogP contribution in [0.15, 0.2) is 53.0 Å². The van der Waals surface area contributed by atoms with Gasteiger partial charge in [0, 0.05) is 14.1 Å². The molecule has 6 nitrogen and oxygen atoms in total. The predicted octanol–water partition coefficient (Wildman–Crippen LogP) is 4.08. The molecule has 1 aromatic heterocycles. The number of carbonyl (C=O) groups is 1. The molecule has 1 heterocycles. The van der Waals surface area contributed by atoms with Gasteiger partial charge in [0.15, 0.2) is 0 Å². The average molecular weight is 441 g/mol. The molecule has 1 amide bonds. The van der Waals surface area contributed by atoms with Gasteiger partial charge in [0.2, 0.25) is 5.95 Å². The molecular weight excluding hydrogens is 420 g/mol. The molecule has 0 bridgehead atoms. The Hall–Kier alpha value is -2.93. The zero-order valence-corrected chi connectivity index (χ0v) is 17.5. The third-order valence-corrected chi connectivity index (χ3v) is 4.83. The van der Waals surface area contributed by atoms with E-state index in [9.17, 15) is 4.79 Å². The van der Waals surface area contributed by atoms with Crippen LogP contribution < -0.4 is 10.5 Å². The Morgan fingerprint density at radius 2 is 1.82 bits per heavy atom. The van der Waals surface area contributed by atoms with E-state index in [1.165, 1.54) is 4.90 Å². The number of nitrogens with zero attached hydrogens (tertiary/aromatic N) is 3. The van der Waals surface area contributed by atoms with E-state index in [-0.39, 0.29) is 18.5 Å². The van der Waals surface area contributed by atoms with Gasteiger partial charge in [-0.2, -0.15) is 0 Å². The van der Waals surface area contributed by atoms with E-state index in [1.54, 1.807) is 21.0 Å². The number of nitrogens with two attached hydrogens (primary N) is 1. The minimum atomic E-state index is -0.186. The quantitative estimate of drug-likeness (QED) is 0.646. The summed E-state index contributed by atoms with van der Waals surface area (Å²) in [5.74, 6) is 0.581. The van der Waals surface area contributed by atoms with Gasteiger partial charge < -0.3 is 15.4 Å². The number of aryl methyl sites for hydroxylation is 1. The van der Waals surface area contributed by atoms with E-state index in [1.807, 2.05) is 48.5 Å². The Labute approximate surface area is 172 Å². The van der Waals surface area contributed by atoms with E-state index >= 15 is 0 Å². The summed E-state index contributed by atoms with van der Waals surface area (Å²) in [6, 6.07) is 16.0. The van der Waals surface area contributed by atoms with Crippen LogP contribution in [0.2, 0.25) is 0 Å². The number of anilines is 1. The summed E-state index contributed by atoms with van der Waals surface area (Å²) in [5.41, 5.74) is 9.37. The van der Waals surface area contributed by atoms with Crippen molar-refractivity contribution in [2.24, 2.45) is 0 Å². The zero-order chi connectivity index (χ0) is 20.3. The van der Waals surface area contributed by atoms with Crippen LogP contribution in [0, 0.1) is 6.92 Å². The lowest BCUT2D eigenvalue weighted by atomic mass is 10.1. The molecule has 0 saturated carbocycles. The summed E-state index contributed by atoms with van der Waals surface area (Å²) in [6.45, 7) is 1.84. The normalized spacial score (nSPS) is 10.6. The number of aromatic nitrogens is 2. The molecule has 0 aliphatic rings. The zero-order valence-electron chi connectivity index (χ0n) is 15.9. The number of hydrogen-bond donors (Lipinski definition) is 1. The maximum absolute atomic E-state index is 12.5. The van der Waals surface area contributed by atoms with E-state index in [2.05, 4.69) is 25.9 Å². The minimum Gasteiger partial charge on any atom is -0.486 e. The number of ether oxygens (including phenoxy) is 1. The van der Waals surface area contributed by atoms with Crippen molar-refractivity contribution in [3.05, 3.63) is 70.0 Å². The molecule has 2 N–H and O–H groups in total. The molecule has 0 radical (unpaired) electrons. The maximum Gasteiger partial charge on any atom is 0.257 e. The van der Waals surface area contributed by atoms with E-state index in [0.29, 0.717) is 22.7 Å². The second kappa shape index (κ2) is 8.39. The van der Waals surface area contributed by atoms with Gasteiger partial charge in [-0.15, -0.1) is 0 Å². The molecule has 3 aromatic rings. The Kier molecular flexibility index (Phi) is 5.94. The fraction of sp³-hybridized carbons (Fsp3) is 0.190. The van der Waals surface area contributed by atoms with E-state index in [4.69, 9.17) is 10.5 Å². The van der Waals surface area contributed by atoms with Crippen molar-refractivity contribution in [2.45, 2.75) is 13.5 Å². The summed E-state index contributed by atoms with van der Waals surface area (Å²) in [6.07, 6.45) is 0. The second-order valence-corrected chi connectivity index (χ2v) is 7.34. The topological polar surface area (TPSA) is 81.3 Å². The van der Waals surface area contributed by atoms with Crippen LogP contribution >= 0.6 is 15.9 Å². The van der Waals surface area contributed by atoms with Crippen molar-refractivity contribution in [3.8, 4) is 16.9 Å². The van der Waals surface area contributed by atoms with Crippen molar-refractivity contribution in [1.29, 1.82) is 0 Å². The fourth-order valence-electron chi connectivity index (χ4n) is 2.84. The van der Waals surface area contributed by atoms with Crippen LogP contribution in [0.3, 0.4) is 0 Å². The number of carbonyl (C=O) groups excluding carboxylic acids is 1. The summed E-state index contributed by atoms with van der Waals surface area (Å²) in [4.78, 5) is 22.3. The smallest absolute Gasteiger partial charge is 0.257 e. The monoisotopic (exact) mass is 440 g/mol. The van der Waals surface area contributed by atoms with Gasteiger partial charge in [-0.1, -0.05) is 36.4 Å². The van der Waals surface area contributed by atoms with Crippen LogP contribution in [-0.2, 0) is 6.61 Å². The molecule has 0 atom stereocenters. The van der Waals surface area contributed by atoms with Crippen molar-refractivity contribution in [3.63, 3.8) is 0 Å². The van der Waals surface area contributed by atoms with Crippen LogP contribution in [0.25, 0.3) is 11.1 Å². The highest BCUT2D eigenvalue weighted by molar-refractivity contribution is 9.10. The molecule has 0 spiro atoms. The van der Waals surface area contributed by atoms with Gasteiger partial charge in [0.05, 0.1) is 21.4 Å². The molecule has 2 aromatic carbocycles. The largest absolute Gasteiger partial charge is 0.486 e. The lowest BCUT2D eigenvalue weighted by Crippen LogP contribution is -2.26. The van der Waals surface area contributed by atoms with Gasteiger partial charge in [-0.05, 0) is 46.1 Å².